The molecule has 0 unspecified atom stereocenters. The summed E-state index contributed by atoms with van der Waals surface area (Å²) in [5.74, 6) is 0.104. The summed E-state index contributed by atoms with van der Waals surface area (Å²) >= 11 is 3.49. The zero-order valence-corrected chi connectivity index (χ0v) is 17.5. The summed E-state index contributed by atoms with van der Waals surface area (Å²) in [4.78, 5) is 19.6. The Morgan fingerprint density at radius 2 is 1.89 bits per heavy atom. The Morgan fingerprint density at radius 3 is 2.68 bits per heavy atom. The minimum atomic E-state index is 0.104. The van der Waals surface area contributed by atoms with E-state index in [0.717, 1.165) is 53.3 Å². The van der Waals surface area contributed by atoms with E-state index < -0.39 is 0 Å². The molecule has 0 aliphatic carbocycles. The number of carbonyl (C=O) groups excluding carboxylic acids is 1. The molecule has 1 N–H and O–H groups in total. The van der Waals surface area contributed by atoms with Crippen molar-refractivity contribution in [2.45, 2.75) is 25.7 Å². The Balaban J connectivity index is 1.45. The first-order valence-electron chi connectivity index (χ1n) is 9.92. The normalized spacial score (nSPS) is 14.6. The summed E-state index contributed by atoms with van der Waals surface area (Å²) in [6.45, 7) is 4.00. The van der Waals surface area contributed by atoms with Crippen molar-refractivity contribution < 1.29 is 4.79 Å². The van der Waals surface area contributed by atoms with Gasteiger partial charge in [-0.1, -0.05) is 34.1 Å². The van der Waals surface area contributed by atoms with Gasteiger partial charge >= 0.3 is 0 Å². The second kappa shape index (κ2) is 8.88. The fraction of sp³-hybridized carbons (Fsp3) is 0.364. The van der Waals surface area contributed by atoms with E-state index >= 15 is 0 Å². The van der Waals surface area contributed by atoms with Crippen molar-refractivity contribution in [2.75, 3.05) is 26.2 Å². The third-order valence-corrected chi connectivity index (χ3v) is 5.81. The van der Waals surface area contributed by atoms with Crippen molar-refractivity contribution in [1.82, 2.24) is 19.6 Å². The molecule has 1 aliphatic rings. The van der Waals surface area contributed by atoms with E-state index in [0.29, 0.717) is 12.8 Å². The third-order valence-electron chi connectivity index (χ3n) is 5.28. The number of carbonyl (C=O) groups is 1. The molecule has 1 aliphatic heterocycles. The van der Waals surface area contributed by atoms with Crippen LogP contribution in [0.2, 0.25) is 0 Å². The minimum absolute atomic E-state index is 0.104. The van der Waals surface area contributed by atoms with Crippen LogP contribution in [-0.4, -0.2) is 46.4 Å². The molecule has 0 spiro atoms. The average molecular weight is 441 g/mol. The molecule has 3 aromatic rings. The van der Waals surface area contributed by atoms with Crippen LogP contribution in [0.5, 0.6) is 0 Å². The molecule has 1 saturated heterocycles. The number of fused-ring (bicyclic) bond motifs is 1. The van der Waals surface area contributed by atoms with Crippen LogP contribution in [0.25, 0.3) is 16.9 Å². The van der Waals surface area contributed by atoms with Gasteiger partial charge < -0.3 is 14.6 Å². The molecule has 1 fully saturated rings. The summed E-state index contributed by atoms with van der Waals surface area (Å²) in [5.41, 5.74) is 4.00. The highest BCUT2D eigenvalue weighted by atomic mass is 79.9. The maximum absolute atomic E-state index is 12.4. The molecule has 146 valence electrons. The molecular formula is C22H25BrN4O. The monoisotopic (exact) mass is 440 g/mol. The first-order valence-corrected chi connectivity index (χ1v) is 10.7. The number of likely N-dealkylation sites (tertiary alicyclic amines) is 1. The second-order valence-electron chi connectivity index (χ2n) is 7.24. The molecule has 4 rings (SSSR count). The van der Waals surface area contributed by atoms with Crippen molar-refractivity contribution in [3.05, 3.63) is 58.8 Å². The van der Waals surface area contributed by atoms with Gasteiger partial charge in [0, 0.05) is 35.7 Å². The fourth-order valence-electron chi connectivity index (χ4n) is 3.80. The van der Waals surface area contributed by atoms with Gasteiger partial charge in [0.15, 0.2) is 0 Å². The lowest BCUT2D eigenvalue weighted by Crippen LogP contribution is -2.33. The van der Waals surface area contributed by atoms with E-state index in [9.17, 15) is 4.79 Å². The highest BCUT2D eigenvalue weighted by Crippen LogP contribution is 2.26. The Labute approximate surface area is 173 Å². The summed E-state index contributed by atoms with van der Waals surface area (Å²) in [5, 5.41) is 3.07. The number of halogens is 1. The number of hydrogen-bond acceptors (Lipinski definition) is 3. The molecule has 1 aromatic carbocycles. The largest absolute Gasteiger partial charge is 0.355 e. The van der Waals surface area contributed by atoms with Crippen LogP contribution in [0, 0.1) is 0 Å². The van der Waals surface area contributed by atoms with Gasteiger partial charge in [0.1, 0.15) is 5.65 Å². The second-order valence-corrected chi connectivity index (χ2v) is 8.16. The van der Waals surface area contributed by atoms with E-state index in [1.54, 1.807) is 0 Å². The number of hydrogen-bond donors (Lipinski definition) is 1. The van der Waals surface area contributed by atoms with E-state index in [4.69, 9.17) is 4.98 Å². The summed E-state index contributed by atoms with van der Waals surface area (Å²) in [6, 6.07) is 14.2. The van der Waals surface area contributed by atoms with Gasteiger partial charge in [-0.15, -0.1) is 0 Å². The summed E-state index contributed by atoms with van der Waals surface area (Å²) in [7, 11) is 0. The number of nitrogens with zero attached hydrogens (tertiary/aromatic N) is 3. The SMILES string of the molecule is O=C(CCc1c(-c2ccc(Br)cc2)nc2ccccn12)NCCN1CCCC1. The number of nitrogens with one attached hydrogen (secondary N) is 1. The van der Waals surface area contributed by atoms with Crippen LogP contribution in [0.3, 0.4) is 0 Å². The maximum atomic E-state index is 12.4. The first kappa shape index (κ1) is 19.2. The van der Waals surface area contributed by atoms with Crippen molar-refractivity contribution in [1.29, 1.82) is 0 Å². The number of aromatic nitrogens is 2. The number of aryl methyl sites for hydroxylation is 1. The molecule has 2 aromatic heterocycles. The average Bonchev–Trinajstić information content (AvgIpc) is 3.35. The molecular weight excluding hydrogens is 416 g/mol. The highest BCUT2D eigenvalue weighted by molar-refractivity contribution is 9.10. The minimum Gasteiger partial charge on any atom is -0.355 e. The van der Waals surface area contributed by atoms with E-state index in [2.05, 4.69) is 42.7 Å². The first-order chi connectivity index (χ1) is 13.7. The fourth-order valence-corrected chi connectivity index (χ4v) is 4.07. The standard InChI is InChI=1S/C22H25BrN4O/c23-18-8-6-17(7-9-18)22-19(27-15-2-1-5-20(27)25-22)10-11-21(28)24-12-16-26-13-3-4-14-26/h1-2,5-9,15H,3-4,10-14,16H2,(H,24,28). The lowest BCUT2D eigenvalue weighted by atomic mass is 10.1. The predicted molar refractivity (Wildman–Crippen MR) is 115 cm³/mol. The lowest BCUT2D eigenvalue weighted by molar-refractivity contribution is -0.121. The molecule has 3 heterocycles. The van der Waals surface area contributed by atoms with Crippen molar-refractivity contribution in [3.8, 4) is 11.3 Å². The van der Waals surface area contributed by atoms with Crippen LogP contribution in [-0.2, 0) is 11.2 Å². The van der Waals surface area contributed by atoms with Crippen molar-refractivity contribution in [3.63, 3.8) is 0 Å². The zero-order chi connectivity index (χ0) is 19.3. The van der Waals surface area contributed by atoms with Crippen molar-refractivity contribution >= 4 is 27.5 Å². The predicted octanol–water partition coefficient (Wildman–Crippen LogP) is 3.91. The number of imidazole rings is 1. The zero-order valence-electron chi connectivity index (χ0n) is 15.9. The molecule has 28 heavy (non-hydrogen) atoms. The van der Waals surface area contributed by atoms with Crippen LogP contribution in [0.15, 0.2) is 53.1 Å². The van der Waals surface area contributed by atoms with Gasteiger partial charge in [-0.25, -0.2) is 4.98 Å². The number of pyridine rings is 1. The maximum Gasteiger partial charge on any atom is 0.220 e. The van der Waals surface area contributed by atoms with Gasteiger partial charge in [-0.3, -0.25) is 4.79 Å². The summed E-state index contributed by atoms with van der Waals surface area (Å²) < 4.78 is 3.13. The van der Waals surface area contributed by atoms with E-state index in [1.165, 1.54) is 12.8 Å². The Bertz CT molecular complexity index is 945. The van der Waals surface area contributed by atoms with Crippen LogP contribution >= 0.6 is 15.9 Å². The number of benzene rings is 1. The van der Waals surface area contributed by atoms with Crippen LogP contribution in [0.4, 0.5) is 0 Å². The van der Waals surface area contributed by atoms with E-state index in [-0.39, 0.29) is 5.91 Å². The summed E-state index contributed by atoms with van der Waals surface area (Å²) in [6.07, 6.45) is 5.70. The number of rotatable bonds is 7. The quantitative estimate of drug-likeness (QED) is 0.605. The van der Waals surface area contributed by atoms with Gasteiger partial charge in [-0.05, 0) is 56.6 Å². The molecule has 0 radical (unpaired) electrons. The molecule has 5 nitrogen and oxygen atoms in total. The topological polar surface area (TPSA) is 49.6 Å². The highest BCUT2D eigenvalue weighted by Gasteiger charge is 2.16. The van der Waals surface area contributed by atoms with Crippen LogP contribution in [0.1, 0.15) is 25.0 Å². The molecule has 0 saturated carbocycles. The van der Waals surface area contributed by atoms with Gasteiger partial charge in [0.25, 0.3) is 0 Å². The van der Waals surface area contributed by atoms with Gasteiger partial charge in [0.2, 0.25) is 5.91 Å². The molecule has 1 amide bonds. The van der Waals surface area contributed by atoms with Gasteiger partial charge in [0.05, 0.1) is 11.4 Å². The Hall–Kier alpha value is -2.18. The Morgan fingerprint density at radius 1 is 1.11 bits per heavy atom. The smallest absolute Gasteiger partial charge is 0.220 e. The van der Waals surface area contributed by atoms with Crippen LogP contribution < -0.4 is 5.32 Å². The van der Waals surface area contributed by atoms with E-state index in [1.807, 2.05) is 36.5 Å². The third kappa shape index (κ3) is 4.45. The lowest BCUT2D eigenvalue weighted by Gasteiger charge is -2.14. The molecule has 6 heteroatoms. The van der Waals surface area contributed by atoms with Gasteiger partial charge in [-0.2, -0.15) is 0 Å². The number of amides is 1. The van der Waals surface area contributed by atoms with Crippen molar-refractivity contribution in [2.24, 2.45) is 0 Å². The Kier molecular flexibility index (Phi) is 6.07. The molecule has 0 atom stereocenters. The molecule has 0 bridgehead atoms.